The Bertz CT molecular complexity index is 975. The number of benzene rings is 1. The van der Waals surface area contributed by atoms with E-state index in [-0.39, 0.29) is 17.0 Å². The third kappa shape index (κ3) is 4.44. The Morgan fingerprint density at radius 2 is 2.11 bits per heavy atom. The fourth-order valence-electron chi connectivity index (χ4n) is 2.30. The lowest BCUT2D eigenvalue weighted by atomic mass is 10.0. The average Bonchev–Trinajstić information content (AvgIpc) is 3.09. The van der Waals surface area contributed by atoms with E-state index in [0.29, 0.717) is 6.07 Å². The summed E-state index contributed by atoms with van der Waals surface area (Å²) < 4.78 is 40.3. The minimum atomic E-state index is -4.79. The van der Waals surface area contributed by atoms with Gasteiger partial charge in [-0.05, 0) is 31.2 Å². The van der Waals surface area contributed by atoms with Crippen molar-refractivity contribution in [1.82, 2.24) is 9.78 Å². The summed E-state index contributed by atoms with van der Waals surface area (Å²) in [6.45, 7) is 4.27. The van der Waals surface area contributed by atoms with E-state index in [0.717, 1.165) is 22.9 Å². The summed E-state index contributed by atoms with van der Waals surface area (Å²) in [5.74, 6) is -1.32. The van der Waals surface area contributed by atoms with Crippen molar-refractivity contribution in [3.8, 4) is 6.07 Å². The Kier molecular flexibility index (Phi) is 5.70. The van der Waals surface area contributed by atoms with Gasteiger partial charge in [0.1, 0.15) is 0 Å². The zero-order chi connectivity index (χ0) is 21.1. The number of halogens is 3. The Morgan fingerprint density at radius 3 is 2.61 bits per heavy atom. The third-order valence-electron chi connectivity index (χ3n) is 3.88. The second-order valence-corrected chi connectivity index (χ2v) is 5.94. The van der Waals surface area contributed by atoms with Crippen LogP contribution in [0, 0.1) is 11.3 Å². The number of aliphatic hydroxyl groups is 1. The lowest BCUT2D eigenvalue weighted by Gasteiger charge is -2.23. The number of anilines is 1. The van der Waals surface area contributed by atoms with E-state index in [1.165, 1.54) is 25.4 Å². The summed E-state index contributed by atoms with van der Waals surface area (Å²) in [6, 6.07) is 4.05. The minimum absolute atomic E-state index is 0.258. The monoisotopic (exact) mass is 392 g/mol. The van der Waals surface area contributed by atoms with Crippen molar-refractivity contribution < 1.29 is 27.9 Å². The lowest BCUT2D eigenvalue weighted by Crippen LogP contribution is -2.44. The molecule has 0 bridgehead atoms. The van der Waals surface area contributed by atoms with Crippen LogP contribution in [0.15, 0.2) is 43.2 Å². The fourth-order valence-corrected chi connectivity index (χ4v) is 2.30. The Hall–Kier alpha value is -3.45. The number of ketones is 1. The number of hydrogen-bond acceptors (Lipinski definition) is 5. The molecule has 0 aliphatic heterocycles. The molecule has 1 aromatic heterocycles. The number of Topliss-reactive ketones (excluding diaryl/α,β-unsaturated/α-hetero) is 1. The molecule has 1 heterocycles. The topological polar surface area (TPSA) is 108 Å². The molecule has 0 saturated carbocycles. The van der Waals surface area contributed by atoms with E-state index >= 15 is 0 Å². The molecular formula is C18H15F3N4O3. The summed E-state index contributed by atoms with van der Waals surface area (Å²) in [7, 11) is 0. The number of carbonyl (C=O) groups excluding carboxylic acids is 2. The summed E-state index contributed by atoms with van der Waals surface area (Å²) in [6.07, 6.45) is -1.32. The number of nitrogens with one attached hydrogen (secondary N) is 1. The number of nitrogens with zero attached hydrogens (tertiary/aromatic N) is 3. The van der Waals surface area contributed by atoms with Crippen LogP contribution < -0.4 is 5.32 Å². The highest BCUT2D eigenvalue weighted by atomic mass is 19.4. The highest BCUT2D eigenvalue weighted by Gasteiger charge is 2.36. The van der Waals surface area contributed by atoms with E-state index in [2.05, 4.69) is 17.0 Å². The number of aromatic nitrogens is 2. The summed E-state index contributed by atoms with van der Waals surface area (Å²) >= 11 is 0. The van der Waals surface area contributed by atoms with Gasteiger partial charge in [0.2, 0.25) is 0 Å². The maximum absolute atomic E-state index is 13.0. The van der Waals surface area contributed by atoms with Gasteiger partial charge in [0.05, 0.1) is 35.5 Å². The molecule has 0 aliphatic rings. The van der Waals surface area contributed by atoms with E-state index in [9.17, 15) is 27.9 Å². The molecule has 7 nitrogen and oxygen atoms in total. The number of hydrogen-bond donors (Lipinski definition) is 2. The second kappa shape index (κ2) is 7.66. The molecule has 0 saturated heterocycles. The SMILES string of the molecule is C=C[C@](O)(Cn1cc(C(C)=O)cn1)C(=O)Nc1ccc(C#N)c(C(F)(F)F)c1. The van der Waals surface area contributed by atoms with E-state index < -0.39 is 35.4 Å². The standard InChI is InChI=1S/C18H15F3N4O3/c1-3-17(28,10-25-9-13(8-23-25)11(2)26)16(27)24-14-5-4-12(7-22)15(6-14)18(19,20)21/h3-6,8-9,28H,1,10H2,2H3,(H,24,27)/t17-/m0/s1. The van der Waals surface area contributed by atoms with Crippen molar-refractivity contribution >= 4 is 17.4 Å². The summed E-state index contributed by atoms with van der Waals surface area (Å²) in [4.78, 5) is 23.7. The highest BCUT2D eigenvalue weighted by Crippen LogP contribution is 2.33. The number of amides is 1. The van der Waals surface area contributed by atoms with Gasteiger partial charge < -0.3 is 10.4 Å². The van der Waals surface area contributed by atoms with Crippen LogP contribution >= 0.6 is 0 Å². The number of carbonyl (C=O) groups is 2. The normalized spacial score (nSPS) is 13.3. The zero-order valence-corrected chi connectivity index (χ0v) is 14.6. The van der Waals surface area contributed by atoms with Gasteiger partial charge in [-0.3, -0.25) is 14.3 Å². The molecule has 0 aliphatic carbocycles. The van der Waals surface area contributed by atoms with Crippen LogP contribution in [0.2, 0.25) is 0 Å². The molecule has 10 heteroatoms. The van der Waals surface area contributed by atoms with Crippen molar-refractivity contribution in [2.75, 3.05) is 5.32 Å². The fraction of sp³-hybridized carbons (Fsp3) is 0.222. The van der Waals surface area contributed by atoms with Crippen LogP contribution in [0.5, 0.6) is 0 Å². The average molecular weight is 392 g/mol. The highest BCUT2D eigenvalue weighted by molar-refractivity contribution is 5.98. The number of alkyl halides is 3. The van der Waals surface area contributed by atoms with Crippen LogP contribution in [0.3, 0.4) is 0 Å². The number of nitriles is 1. The first kappa shape index (κ1) is 20.9. The molecule has 0 fully saturated rings. The van der Waals surface area contributed by atoms with Crippen molar-refractivity contribution in [3.05, 3.63) is 59.9 Å². The second-order valence-electron chi connectivity index (χ2n) is 5.94. The Balaban J connectivity index is 2.27. The maximum Gasteiger partial charge on any atom is 0.417 e. The van der Waals surface area contributed by atoms with Gasteiger partial charge in [0, 0.05) is 11.9 Å². The van der Waals surface area contributed by atoms with E-state index in [1.807, 2.05) is 0 Å². The molecular weight excluding hydrogens is 377 g/mol. The molecule has 146 valence electrons. The van der Waals surface area contributed by atoms with Crippen LogP contribution in [-0.2, 0) is 17.5 Å². The maximum atomic E-state index is 13.0. The number of rotatable bonds is 6. The first-order valence-electron chi connectivity index (χ1n) is 7.82. The van der Waals surface area contributed by atoms with Crippen molar-refractivity contribution in [1.29, 1.82) is 5.26 Å². The lowest BCUT2D eigenvalue weighted by molar-refractivity contribution is -0.137. The molecule has 1 amide bonds. The van der Waals surface area contributed by atoms with Gasteiger partial charge in [-0.25, -0.2) is 0 Å². The molecule has 2 aromatic rings. The molecule has 28 heavy (non-hydrogen) atoms. The van der Waals surface area contributed by atoms with Crippen LogP contribution in [0.1, 0.15) is 28.4 Å². The van der Waals surface area contributed by atoms with Gasteiger partial charge in [0.15, 0.2) is 11.4 Å². The van der Waals surface area contributed by atoms with Gasteiger partial charge in [-0.2, -0.15) is 23.5 Å². The largest absolute Gasteiger partial charge is 0.417 e. The quantitative estimate of drug-likeness (QED) is 0.580. The molecule has 0 spiro atoms. The van der Waals surface area contributed by atoms with E-state index in [4.69, 9.17) is 5.26 Å². The Labute approximate surface area is 157 Å². The molecule has 1 aromatic carbocycles. The molecule has 2 rings (SSSR count). The van der Waals surface area contributed by atoms with Crippen LogP contribution in [0.4, 0.5) is 18.9 Å². The van der Waals surface area contributed by atoms with Crippen molar-refractivity contribution in [2.24, 2.45) is 0 Å². The predicted octanol–water partition coefficient (Wildman–Crippen LogP) is 2.53. The van der Waals surface area contributed by atoms with Crippen molar-refractivity contribution in [3.63, 3.8) is 0 Å². The van der Waals surface area contributed by atoms with Crippen LogP contribution in [-0.4, -0.2) is 32.2 Å². The first-order chi connectivity index (χ1) is 13.0. The third-order valence-corrected chi connectivity index (χ3v) is 3.88. The summed E-state index contributed by atoms with van der Waals surface area (Å²) in [5.41, 5.74) is -4.03. The molecule has 0 radical (unpaired) electrons. The first-order valence-corrected chi connectivity index (χ1v) is 7.82. The molecule has 0 unspecified atom stereocenters. The van der Waals surface area contributed by atoms with Gasteiger partial charge in [0.25, 0.3) is 5.91 Å². The van der Waals surface area contributed by atoms with Gasteiger partial charge in [-0.15, -0.1) is 0 Å². The van der Waals surface area contributed by atoms with Gasteiger partial charge in [-0.1, -0.05) is 6.58 Å². The van der Waals surface area contributed by atoms with E-state index in [1.54, 1.807) is 0 Å². The van der Waals surface area contributed by atoms with Gasteiger partial charge >= 0.3 is 6.18 Å². The minimum Gasteiger partial charge on any atom is -0.374 e. The molecule has 2 N–H and O–H groups in total. The summed E-state index contributed by atoms with van der Waals surface area (Å²) in [5, 5.41) is 25.4. The van der Waals surface area contributed by atoms with Crippen LogP contribution in [0.25, 0.3) is 0 Å². The van der Waals surface area contributed by atoms with Crippen molar-refractivity contribution in [2.45, 2.75) is 25.2 Å². The molecule has 1 atom stereocenters. The predicted molar refractivity (Wildman–Crippen MR) is 92.2 cm³/mol. The Morgan fingerprint density at radius 1 is 1.43 bits per heavy atom. The smallest absolute Gasteiger partial charge is 0.374 e. The zero-order valence-electron chi connectivity index (χ0n) is 14.6.